The Hall–Kier alpha value is -3.09. The van der Waals surface area contributed by atoms with Gasteiger partial charge in [-0.25, -0.2) is 0 Å². The van der Waals surface area contributed by atoms with Crippen molar-refractivity contribution >= 4 is 22.7 Å². The van der Waals surface area contributed by atoms with Gasteiger partial charge in [0.15, 0.2) is 5.69 Å². The SMILES string of the molecule is O=C(Cc1c[nH]c2ccccc12)N1CCN(C(=O)c2cc3n(n2)CCCC3)CC1. The third-order valence-corrected chi connectivity index (χ3v) is 6.07. The van der Waals surface area contributed by atoms with Gasteiger partial charge in [0.25, 0.3) is 5.91 Å². The molecule has 1 fully saturated rings. The molecular formula is C22H25N5O2. The Bertz CT molecular complexity index is 1030. The zero-order valence-corrected chi connectivity index (χ0v) is 16.4. The van der Waals surface area contributed by atoms with E-state index in [0.29, 0.717) is 38.3 Å². The van der Waals surface area contributed by atoms with Crippen LogP contribution in [0.3, 0.4) is 0 Å². The van der Waals surface area contributed by atoms with Gasteiger partial charge in [-0.2, -0.15) is 5.10 Å². The lowest BCUT2D eigenvalue weighted by atomic mass is 10.1. The van der Waals surface area contributed by atoms with E-state index in [1.807, 2.05) is 51.0 Å². The highest BCUT2D eigenvalue weighted by Crippen LogP contribution is 2.20. The number of piperazine rings is 1. The number of amides is 2. The van der Waals surface area contributed by atoms with Crippen molar-refractivity contribution in [3.63, 3.8) is 0 Å². The fourth-order valence-corrected chi connectivity index (χ4v) is 4.40. The summed E-state index contributed by atoms with van der Waals surface area (Å²) in [4.78, 5) is 32.5. The van der Waals surface area contributed by atoms with Crippen molar-refractivity contribution in [2.75, 3.05) is 26.2 Å². The Labute approximate surface area is 169 Å². The number of nitrogens with zero attached hydrogens (tertiary/aromatic N) is 4. The van der Waals surface area contributed by atoms with Gasteiger partial charge in [-0.15, -0.1) is 0 Å². The highest BCUT2D eigenvalue weighted by atomic mass is 16.2. The molecule has 1 saturated heterocycles. The number of benzene rings is 1. The maximum atomic E-state index is 12.8. The molecule has 0 aliphatic carbocycles. The lowest BCUT2D eigenvalue weighted by Crippen LogP contribution is -2.51. The van der Waals surface area contributed by atoms with Gasteiger partial charge in [0.05, 0.1) is 6.42 Å². The molecular weight excluding hydrogens is 366 g/mol. The summed E-state index contributed by atoms with van der Waals surface area (Å²) in [6.45, 7) is 3.15. The van der Waals surface area contributed by atoms with Gasteiger partial charge in [0, 0.05) is 55.5 Å². The summed E-state index contributed by atoms with van der Waals surface area (Å²) < 4.78 is 1.97. The summed E-state index contributed by atoms with van der Waals surface area (Å²) in [6.07, 6.45) is 5.58. The first-order valence-electron chi connectivity index (χ1n) is 10.4. The summed E-state index contributed by atoms with van der Waals surface area (Å²) in [5.74, 6) is 0.0925. The molecule has 0 unspecified atom stereocenters. The molecule has 7 heteroatoms. The van der Waals surface area contributed by atoms with E-state index >= 15 is 0 Å². The number of carbonyl (C=O) groups is 2. The van der Waals surface area contributed by atoms with Gasteiger partial charge in [-0.3, -0.25) is 14.3 Å². The molecule has 0 saturated carbocycles. The van der Waals surface area contributed by atoms with Crippen LogP contribution >= 0.6 is 0 Å². The van der Waals surface area contributed by atoms with Crippen LogP contribution in [0.15, 0.2) is 36.5 Å². The molecule has 29 heavy (non-hydrogen) atoms. The number of nitrogens with one attached hydrogen (secondary N) is 1. The second-order valence-electron chi connectivity index (χ2n) is 7.91. The van der Waals surface area contributed by atoms with Crippen LogP contribution in [-0.2, 0) is 24.2 Å². The maximum absolute atomic E-state index is 12.8. The first-order chi connectivity index (χ1) is 14.2. The minimum atomic E-state index is -0.0179. The fourth-order valence-electron chi connectivity index (χ4n) is 4.40. The molecule has 5 rings (SSSR count). The van der Waals surface area contributed by atoms with Crippen molar-refractivity contribution < 1.29 is 9.59 Å². The first-order valence-corrected chi connectivity index (χ1v) is 10.4. The zero-order chi connectivity index (χ0) is 19.8. The second-order valence-corrected chi connectivity index (χ2v) is 7.91. The van der Waals surface area contributed by atoms with E-state index in [9.17, 15) is 9.59 Å². The van der Waals surface area contributed by atoms with Crippen molar-refractivity contribution in [1.82, 2.24) is 24.6 Å². The molecule has 2 aliphatic rings. The van der Waals surface area contributed by atoms with Crippen molar-refractivity contribution in [3.8, 4) is 0 Å². The highest BCUT2D eigenvalue weighted by molar-refractivity contribution is 5.93. The normalized spacial score (nSPS) is 16.8. The van der Waals surface area contributed by atoms with Gasteiger partial charge in [0.1, 0.15) is 0 Å². The van der Waals surface area contributed by atoms with Crippen LogP contribution in [-0.4, -0.2) is 62.6 Å². The number of hydrogen-bond acceptors (Lipinski definition) is 3. The molecule has 3 aromatic rings. The third-order valence-electron chi connectivity index (χ3n) is 6.07. The van der Waals surface area contributed by atoms with E-state index in [-0.39, 0.29) is 11.8 Å². The van der Waals surface area contributed by atoms with Gasteiger partial charge >= 0.3 is 0 Å². The first kappa shape index (κ1) is 18.0. The average Bonchev–Trinajstić information content (AvgIpc) is 3.38. The second kappa shape index (κ2) is 7.39. The van der Waals surface area contributed by atoms with Gasteiger partial charge < -0.3 is 14.8 Å². The van der Waals surface area contributed by atoms with E-state index in [4.69, 9.17) is 0 Å². The number of aryl methyl sites for hydroxylation is 2. The number of H-pyrrole nitrogens is 1. The fraction of sp³-hybridized carbons (Fsp3) is 0.409. The summed E-state index contributed by atoms with van der Waals surface area (Å²) in [7, 11) is 0. The molecule has 1 N–H and O–H groups in total. The Morgan fingerprint density at radius 2 is 1.79 bits per heavy atom. The monoisotopic (exact) mass is 391 g/mol. The highest BCUT2D eigenvalue weighted by Gasteiger charge is 2.27. The van der Waals surface area contributed by atoms with Gasteiger partial charge in [0.2, 0.25) is 5.91 Å². The maximum Gasteiger partial charge on any atom is 0.274 e. The number of fused-ring (bicyclic) bond motifs is 2. The molecule has 2 aromatic heterocycles. The van der Waals surface area contributed by atoms with Crippen LogP contribution in [0.2, 0.25) is 0 Å². The number of aromatic amines is 1. The molecule has 2 aliphatic heterocycles. The van der Waals surface area contributed by atoms with Crippen LogP contribution in [0.4, 0.5) is 0 Å². The molecule has 0 spiro atoms. The molecule has 0 radical (unpaired) electrons. The van der Waals surface area contributed by atoms with Crippen LogP contribution in [0, 0.1) is 0 Å². The zero-order valence-electron chi connectivity index (χ0n) is 16.4. The number of para-hydroxylation sites is 1. The predicted octanol–water partition coefficient (Wildman–Crippen LogP) is 2.23. The standard InChI is InChI=1S/C22H25N5O2/c28-21(13-16-15-23-19-7-2-1-6-18(16)19)25-9-11-26(12-10-25)22(29)20-14-17-5-3-4-8-27(17)24-20/h1-2,6-7,14-15,23H,3-5,8-13H2. The Balaban J connectivity index is 1.20. The summed E-state index contributed by atoms with van der Waals surface area (Å²) in [5.41, 5.74) is 3.77. The quantitative estimate of drug-likeness (QED) is 0.744. The molecule has 4 heterocycles. The molecule has 150 valence electrons. The number of carbonyl (C=O) groups excluding carboxylic acids is 2. The molecule has 7 nitrogen and oxygen atoms in total. The van der Waals surface area contributed by atoms with E-state index < -0.39 is 0 Å². The largest absolute Gasteiger partial charge is 0.361 e. The van der Waals surface area contributed by atoms with E-state index in [1.54, 1.807) is 0 Å². The summed E-state index contributed by atoms with van der Waals surface area (Å²) >= 11 is 0. The lowest BCUT2D eigenvalue weighted by Gasteiger charge is -2.34. The van der Waals surface area contributed by atoms with E-state index in [0.717, 1.165) is 48.0 Å². The minimum absolute atomic E-state index is 0.0179. The number of hydrogen-bond donors (Lipinski definition) is 1. The van der Waals surface area contributed by atoms with Crippen molar-refractivity contribution in [1.29, 1.82) is 0 Å². The van der Waals surface area contributed by atoms with Gasteiger partial charge in [-0.05, 0) is 37.0 Å². The van der Waals surface area contributed by atoms with Crippen LogP contribution in [0.25, 0.3) is 10.9 Å². The number of rotatable bonds is 3. The third kappa shape index (κ3) is 3.41. The molecule has 1 aromatic carbocycles. The molecule has 0 bridgehead atoms. The van der Waals surface area contributed by atoms with Crippen LogP contribution in [0.1, 0.15) is 34.6 Å². The van der Waals surface area contributed by atoms with Gasteiger partial charge in [-0.1, -0.05) is 18.2 Å². The van der Waals surface area contributed by atoms with E-state index in [1.165, 1.54) is 0 Å². The Morgan fingerprint density at radius 3 is 2.62 bits per heavy atom. The molecule has 0 atom stereocenters. The number of aromatic nitrogens is 3. The topological polar surface area (TPSA) is 74.2 Å². The Kier molecular flexibility index (Phi) is 4.58. The average molecular weight is 391 g/mol. The van der Waals surface area contributed by atoms with Crippen LogP contribution < -0.4 is 0 Å². The molecule has 2 amide bonds. The smallest absolute Gasteiger partial charge is 0.274 e. The van der Waals surface area contributed by atoms with Crippen molar-refractivity contribution in [3.05, 3.63) is 53.5 Å². The summed E-state index contributed by atoms with van der Waals surface area (Å²) in [5, 5.41) is 5.60. The Morgan fingerprint density at radius 1 is 1.00 bits per heavy atom. The van der Waals surface area contributed by atoms with E-state index in [2.05, 4.69) is 10.1 Å². The van der Waals surface area contributed by atoms with Crippen molar-refractivity contribution in [2.24, 2.45) is 0 Å². The van der Waals surface area contributed by atoms with Crippen LogP contribution in [0.5, 0.6) is 0 Å². The lowest BCUT2D eigenvalue weighted by molar-refractivity contribution is -0.131. The van der Waals surface area contributed by atoms with Crippen molar-refractivity contribution in [2.45, 2.75) is 32.2 Å². The summed E-state index contributed by atoms with van der Waals surface area (Å²) in [6, 6.07) is 9.96. The predicted molar refractivity (Wildman–Crippen MR) is 110 cm³/mol. The minimum Gasteiger partial charge on any atom is -0.361 e.